The van der Waals surface area contributed by atoms with Crippen LogP contribution in [-0.2, 0) is 16.2 Å². The summed E-state index contributed by atoms with van der Waals surface area (Å²) < 4.78 is 6.74. The number of carbonyl (C=O) groups is 3. The summed E-state index contributed by atoms with van der Waals surface area (Å²) in [6.45, 7) is 0.210. The van der Waals surface area contributed by atoms with Crippen LogP contribution in [0.25, 0.3) is 6.08 Å². The van der Waals surface area contributed by atoms with Crippen LogP contribution in [0.1, 0.15) is 11.1 Å². The van der Waals surface area contributed by atoms with Crippen LogP contribution < -0.4 is 15.4 Å². The fourth-order valence-corrected chi connectivity index (χ4v) is 3.17. The van der Waals surface area contributed by atoms with E-state index in [1.54, 1.807) is 0 Å². The Labute approximate surface area is 172 Å². The van der Waals surface area contributed by atoms with Crippen molar-refractivity contribution < 1.29 is 19.1 Å². The van der Waals surface area contributed by atoms with E-state index in [9.17, 15) is 14.4 Å². The zero-order chi connectivity index (χ0) is 19.6. The number of hydrogen-bond donors (Lipinski definition) is 2. The van der Waals surface area contributed by atoms with Gasteiger partial charge in [-0.05, 0) is 35.9 Å². The van der Waals surface area contributed by atoms with E-state index in [0.29, 0.717) is 10.6 Å². The molecule has 1 fully saturated rings. The standard InChI is InChI=1S/C18H11BrCl2N2O4/c19-11-3-1-9(2-4-11)8-27-15-10(5-12(20)7-14(15)21)6-13-16(24)22-18(26)23-17(13)25/h1-7H,8H2,(H2,22,23,24,25,26). The van der Waals surface area contributed by atoms with E-state index in [4.69, 9.17) is 27.9 Å². The quantitative estimate of drug-likeness (QED) is 0.521. The third kappa shape index (κ3) is 4.68. The van der Waals surface area contributed by atoms with Gasteiger partial charge in [-0.3, -0.25) is 20.2 Å². The maximum absolute atomic E-state index is 11.9. The van der Waals surface area contributed by atoms with Crippen molar-refractivity contribution in [3.8, 4) is 5.75 Å². The molecule has 0 aromatic heterocycles. The SMILES string of the molecule is O=C1NC(=O)C(=Cc2cc(Cl)cc(Cl)c2OCc2ccc(Br)cc2)C(=O)N1. The van der Waals surface area contributed by atoms with Gasteiger partial charge in [-0.25, -0.2) is 4.79 Å². The fraction of sp³-hybridized carbons (Fsp3) is 0.0556. The lowest BCUT2D eigenvalue weighted by Crippen LogP contribution is -2.51. The molecular formula is C18H11BrCl2N2O4. The van der Waals surface area contributed by atoms with E-state index in [2.05, 4.69) is 15.9 Å². The Bertz CT molecular complexity index is 952. The van der Waals surface area contributed by atoms with E-state index in [1.807, 2.05) is 34.9 Å². The van der Waals surface area contributed by atoms with Gasteiger partial charge in [0.05, 0.1) is 5.02 Å². The maximum Gasteiger partial charge on any atom is 0.328 e. The Hall–Kier alpha value is -2.35. The fourth-order valence-electron chi connectivity index (χ4n) is 2.34. The van der Waals surface area contributed by atoms with Crippen LogP contribution >= 0.6 is 39.1 Å². The summed E-state index contributed by atoms with van der Waals surface area (Å²) in [5, 5.41) is 4.53. The van der Waals surface area contributed by atoms with Gasteiger partial charge in [0.2, 0.25) is 0 Å². The van der Waals surface area contributed by atoms with Crippen LogP contribution in [0.5, 0.6) is 5.75 Å². The summed E-state index contributed by atoms with van der Waals surface area (Å²) >= 11 is 15.6. The minimum absolute atomic E-state index is 0.210. The Morgan fingerprint density at radius 3 is 2.26 bits per heavy atom. The second-order valence-electron chi connectivity index (χ2n) is 5.52. The summed E-state index contributed by atoms with van der Waals surface area (Å²) in [7, 11) is 0. The molecular weight excluding hydrogens is 459 g/mol. The summed E-state index contributed by atoms with van der Waals surface area (Å²) in [6.07, 6.45) is 1.27. The van der Waals surface area contributed by atoms with E-state index in [0.717, 1.165) is 10.0 Å². The second kappa shape index (κ2) is 8.12. The van der Waals surface area contributed by atoms with Gasteiger partial charge in [0.1, 0.15) is 17.9 Å². The Morgan fingerprint density at radius 2 is 1.63 bits per heavy atom. The molecule has 3 rings (SSSR count). The first-order valence-electron chi connectivity index (χ1n) is 7.58. The molecule has 9 heteroatoms. The molecule has 2 aromatic rings. The molecule has 0 radical (unpaired) electrons. The number of amides is 4. The highest BCUT2D eigenvalue weighted by atomic mass is 79.9. The number of rotatable bonds is 4. The van der Waals surface area contributed by atoms with Gasteiger partial charge < -0.3 is 4.74 Å². The molecule has 2 aromatic carbocycles. The van der Waals surface area contributed by atoms with E-state index in [-0.39, 0.29) is 23.0 Å². The van der Waals surface area contributed by atoms with Crippen molar-refractivity contribution >= 4 is 63.1 Å². The van der Waals surface area contributed by atoms with Crippen molar-refractivity contribution in [1.29, 1.82) is 0 Å². The number of hydrogen-bond acceptors (Lipinski definition) is 4. The van der Waals surface area contributed by atoms with Gasteiger partial charge in [-0.15, -0.1) is 0 Å². The summed E-state index contributed by atoms with van der Waals surface area (Å²) in [4.78, 5) is 35.1. The van der Waals surface area contributed by atoms with Crippen LogP contribution in [0, 0.1) is 0 Å². The largest absolute Gasteiger partial charge is 0.487 e. The molecule has 0 unspecified atom stereocenters. The molecule has 27 heavy (non-hydrogen) atoms. The van der Waals surface area contributed by atoms with Crippen LogP contribution in [0.2, 0.25) is 10.0 Å². The number of nitrogens with one attached hydrogen (secondary N) is 2. The smallest absolute Gasteiger partial charge is 0.328 e. The van der Waals surface area contributed by atoms with Crippen LogP contribution in [0.3, 0.4) is 0 Å². The highest BCUT2D eigenvalue weighted by Crippen LogP contribution is 2.34. The molecule has 6 nitrogen and oxygen atoms in total. The number of barbiturate groups is 1. The van der Waals surface area contributed by atoms with Crippen molar-refractivity contribution in [1.82, 2.24) is 10.6 Å². The molecule has 1 saturated heterocycles. The highest BCUT2D eigenvalue weighted by Gasteiger charge is 2.28. The predicted octanol–water partition coefficient (Wildman–Crippen LogP) is 4.08. The average Bonchev–Trinajstić information content (AvgIpc) is 2.58. The van der Waals surface area contributed by atoms with Crippen LogP contribution in [0.15, 0.2) is 46.4 Å². The second-order valence-corrected chi connectivity index (χ2v) is 7.28. The van der Waals surface area contributed by atoms with Crippen molar-refractivity contribution in [2.45, 2.75) is 6.61 Å². The van der Waals surface area contributed by atoms with Gasteiger partial charge in [0, 0.05) is 15.1 Å². The first kappa shape index (κ1) is 19.4. The molecule has 0 aliphatic carbocycles. The monoisotopic (exact) mass is 468 g/mol. The minimum atomic E-state index is -0.877. The predicted molar refractivity (Wildman–Crippen MR) is 105 cm³/mol. The van der Waals surface area contributed by atoms with Gasteiger partial charge in [-0.1, -0.05) is 51.3 Å². The Morgan fingerprint density at radius 1 is 1.00 bits per heavy atom. The number of carbonyl (C=O) groups excluding carboxylic acids is 3. The molecule has 2 N–H and O–H groups in total. The van der Waals surface area contributed by atoms with Crippen molar-refractivity contribution in [3.05, 3.63) is 67.6 Å². The van der Waals surface area contributed by atoms with Gasteiger partial charge in [-0.2, -0.15) is 0 Å². The number of imide groups is 2. The number of urea groups is 1. The summed E-state index contributed by atoms with van der Waals surface area (Å²) in [5.74, 6) is -1.38. The van der Waals surface area contributed by atoms with E-state index >= 15 is 0 Å². The van der Waals surface area contributed by atoms with E-state index < -0.39 is 17.8 Å². The number of halogens is 3. The van der Waals surface area contributed by atoms with Crippen molar-refractivity contribution in [3.63, 3.8) is 0 Å². The molecule has 0 saturated carbocycles. The minimum Gasteiger partial charge on any atom is -0.487 e. The van der Waals surface area contributed by atoms with Crippen LogP contribution in [0.4, 0.5) is 4.79 Å². The lowest BCUT2D eigenvalue weighted by atomic mass is 10.1. The van der Waals surface area contributed by atoms with Crippen molar-refractivity contribution in [2.75, 3.05) is 0 Å². The molecule has 0 spiro atoms. The first-order chi connectivity index (χ1) is 12.8. The third-order valence-electron chi connectivity index (χ3n) is 3.58. The number of benzene rings is 2. The lowest BCUT2D eigenvalue weighted by Gasteiger charge is -2.16. The summed E-state index contributed by atoms with van der Waals surface area (Å²) in [5.41, 5.74) is 0.960. The molecule has 4 amide bonds. The lowest BCUT2D eigenvalue weighted by molar-refractivity contribution is -0.123. The average molecular weight is 470 g/mol. The molecule has 1 aliphatic heterocycles. The molecule has 0 atom stereocenters. The van der Waals surface area contributed by atoms with Crippen LogP contribution in [-0.4, -0.2) is 17.8 Å². The number of ether oxygens (including phenoxy) is 1. The zero-order valence-corrected chi connectivity index (χ0v) is 16.6. The normalized spacial score (nSPS) is 13.9. The molecule has 1 aliphatic rings. The first-order valence-corrected chi connectivity index (χ1v) is 9.13. The molecule has 1 heterocycles. The molecule has 138 valence electrons. The Balaban J connectivity index is 1.94. The van der Waals surface area contributed by atoms with Crippen molar-refractivity contribution in [2.24, 2.45) is 0 Å². The zero-order valence-electron chi connectivity index (χ0n) is 13.5. The third-order valence-corrected chi connectivity index (χ3v) is 4.60. The van der Waals surface area contributed by atoms with Gasteiger partial charge >= 0.3 is 6.03 Å². The van der Waals surface area contributed by atoms with Gasteiger partial charge in [0.15, 0.2) is 0 Å². The summed E-state index contributed by atoms with van der Waals surface area (Å²) in [6, 6.07) is 9.62. The Kier molecular flexibility index (Phi) is 5.84. The highest BCUT2D eigenvalue weighted by molar-refractivity contribution is 9.10. The maximum atomic E-state index is 11.9. The topological polar surface area (TPSA) is 84.5 Å². The van der Waals surface area contributed by atoms with E-state index in [1.165, 1.54) is 18.2 Å². The molecule has 0 bridgehead atoms. The van der Waals surface area contributed by atoms with Gasteiger partial charge in [0.25, 0.3) is 11.8 Å².